The number of nitrogens with one attached hydrogen (secondary N) is 1. The molecule has 20 heavy (non-hydrogen) atoms. The molecule has 0 spiro atoms. The molecule has 0 heterocycles. The third-order valence-electron chi connectivity index (χ3n) is 3.42. The second kappa shape index (κ2) is 7.71. The molecule has 106 valence electrons. The zero-order valence-electron chi connectivity index (χ0n) is 12.4. The van der Waals surface area contributed by atoms with E-state index in [0.29, 0.717) is 0 Å². The molecule has 2 aromatic rings. The first-order chi connectivity index (χ1) is 9.78. The van der Waals surface area contributed by atoms with E-state index >= 15 is 0 Å². The Morgan fingerprint density at radius 3 is 2.25 bits per heavy atom. The van der Waals surface area contributed by atoms with Crippen molar-refractivity contribution in [1.82, 2.24) is 5.32 Å². The molecule has 1 N–H and O–H groups in total. The van der Waals surface area contributed by atoms with E-state index in [2.05, 4.69) is 48.6 Å². The fraction of sp³-hybridized carbons (Fsp3) is 0.333. The van der Waals surface area contributed by atoms with Crippen LogP contribution in [0.1, 0.15) is 16.7 Å². The van der Waals surface area contributed by atoms with Gasteiger partial charge in [0.05, 0.1) is 7.11 Å². The second-order valence-electron chi connectivity index (χ2n) is 5.09. The van der Waals surface area contributed by atoms with Crippen molar-refractivity contribution >= 4 is 0 Å². The zero-order valence-corrected chi connectivity index (χ0v) is 12.4. The highest BCUT2D eigenvalue weighted by Crippen LogP contribution is 2.11. The number of ether oxygens (including phenoxy) is 1. The molecule has 0 radical (unpaired) electrons. The molecule has 0 aliphatic rings. The van der Waals surface area contributed by atoms with Gasteiger partial charge in [-0.25, -0.2) is 0 Å². The number of hydrogen-bond acceptors (Lipinski definition) is 2. The fourth-order valence-electron chi connectivity index (χ4n) is 2.25. The van der Waals surface area contributed by atoms with Crippen molar-refractivity contribution in [3.63, 3.8) is 0 Å². The summed E-state index contributed by atoms with van der Waals surface area (Å²) in [5, 5.41) is 3.50. The highest BCUT2D eigenvalue weighted by molar-refractivity contribution is 5.27. The van der Waals surface area contributed by atoms with Gasteiger partial charge in [-0.1, -0.05) is 42.0 Å². The quantitative estimate of drug-likeness (QED) is 0.778. The van der Waals surface area contributed by atoms with Gasteiger partial charge >= 0.3 is 0 Å². The standard InChI is InChI=1S/C18H23NO/c1-15-4-3-5-17(14-15)11-13-19-12-10-16-6-8-18(20-2)9-7-16/h3-9,14,19H,10-13H2,1-2H3. The first-order valence-electron chi connectivity index (χ1n) is 7.17. The minimum Gasteiger partial charge on any atom is -0.497 e. The largest absolute Gasteiger partial charge is 0.497 e. The van der Waals surface area contributed by atoms with E-state index < -0.39 is 0 Å². The lowest BCUT2D eigenvalue weighted by Gasteiger charge is -2.06. The normalized spacial score (nSPS) is 10.5. The van der Waals surface area contributed by atoms with Crippen LogP contribution in [0.25, 0.3) is 0 Å². The van der Waals surface area contributed by atoms with Crippen molar-refractivity contribution in [2.75, 3.05) is 20.2 Å². The number of hydrogen-bond donors (Lipinski definition) is 1. The van der Waals surface area contributed by atoms with Crippen LogP contribution in [0, 0.1) is 6.92 Å². The van der Waals surface area contributed by atoms with Crippen molar-refractivity contribution in [1.29, 1.82) is 0 Å². The van der Waals surface area contributed by atoms with Crippen LogP contribution >= 0.6 is 0 Å². The Hall–Kier alpha value is -1.80. The van der Waals surface area contributed by atoms with Gasteiger partial charge in [-0.3, -0.25) is 0 Å². The van der Waals surface area contributed by atoms with E-state index in [0.717, 1.165) is 31.7 Å². The van der Waals surface area contributed by atoms with E-state index in [4.69, 9.17) is 4.74 Å². The van der Waals surface area contributed by atoms with Gasteiger partial charge in [0.15, 0.2) is 0 Å². The zero-order chi connectivity index (χ0) is 14.2. The maximum absolute atomic E-state index is 5.16. The van der Waals surface area contributed by atoms with Crippen LogP contribution in [0.3, 0.4) is 0 Å². The lowest BCUT2D eigenvalue weighted by atomic mass is 10.1. The predicted octanol–water partition coefficient (Wildman–Crippen LogP) is 3.38. The van der Waals surface area contributed by atoms with Gasteiger partial charge in [-0.2, -0.15) is 0 Å². The molecule has 0 aliphatic heterocycles. The molecule has 0 bridgehead atoms. The highest BCUT2D eigenvalue weighted by atomic mass is 16.5. The molecule has 0 atom stereocenters. The Balaban J connectivity index is 1.66. The van der Waals surface area contributed by atoms with Gasteiger partial charge in [-0.15, -0.1) is 0 Å². The summed E-state index contributed by atoms with van der Waals surface area (Å²) >= 11 is 0. The Morgan fingerprint density at radius 1 is 0.900 bits per heavy atom. The molecule has 2 rings (SSSR count). The van der Waals surface area contributed by atoms with Crippen LogP contribution in [0.2, 0.25) is 0 Å². The van der Waals surface area contributed by atoms with Gasteiger partial charge in [0.2, 0.25) is 0 Å². The molecule has 0 aliphatic carbocycles. The number of aryl methyl sites for hydroxylation is 1. The maximum atomic E-state index is 5.16. The minimum absolute atomic E-state index is 0.918. The average Bonchev–Trinajstić information content (AvgIpc) is 2.48. The fourth-order valence-corrected chi connectivity index (χ4v) is 2.25. The van der Waals surface area contributed by atoms with Crippen molar-refractivity contribution in [3.8, 4) is 5.75 Å². The van der Waals surface area contributed by atoms with E-state index in [1.165, 1.54) is 16.7 Å². The highest BCUT2D eigenvalue weighted by Gasteiger charge is 1.96. The molecule has 0 fully saturated rings. The molecule has 0 amide bonds. The number of benzene rings is 2. The number of rotatable bonds is 7. The van der Waals surface area contributed by atoms with E-state index in [1.54, 1.807) is 7.11 Å². The Morgan fingerprint density at radius 2 is 1.60 bits per heavy atom. The third-order valence-corrected chi connectivity index (χ3v) is 3.42. The summed E-state index contributed by atoms with van der Waals surface area (Å²) in [5.41, 5.74) is 4.08. The van der Waals surface area contributed by atoms with Crippen molar-refractivity contribution in [3.05, 3.63) is 65.2 Å². The summed E-state index contributed by atoms with van der Waals surface area (Å²) in [6, 6.07) is 17.0. The van der Waals surface area contributed by atoms with Crippen LogP contribution < -0.4 is 10.1 Å². The van der Waals surface area contributed by atoms with Gasteiger partial charge in [0.25, 0.3) is 0 Å². The lowest BCUT2D eigenvalue weighted by Crippen LogP contribution is -2.20. The predicted molar refractivity (Wildman–Crippen MR) is 84.5 cm³/mol. The van der Waals surface area contributed by atoms with Crippen LogP contribution in [0.15, 0.2) is 48.5 Å². The van der Waals surface area contributed by atoms with E-state index in [9.17, 15) is 0 Å². The molecule has 0 saturated heterocycles. The molecular formula is C18H23NO. The average molecular weight is 269 g/mol. The van der Waals surface area contributed by atoms with Crippen LogP contribution in [0.5, 0.6) is 5.75 Å². The van der Waals surface area contributed by atoms with E-state index in [-0.39, 0.29) is 0 Å². The maximum Gasteiger partial charge on any atom is 0.118 e. The summed E-state index contributed by atoms with van der Waals surface area (Å²) in [4.78, 5) is 0. The van der Waals surface area contributed by atoms with Gasteiger partial charge in [0, 0.05) is 0 Å². The summed E-state index contributed by atoms with van der Waals surface area (Å²) < 4.78 is 5.16. The monoisotopic (exact) mass is 269 g/mol. The second-order valence-corrected chi connectivity index (χ2v) is 5.09. The number of methoxy groups -OCH3 is 1. The molecule has 0 aromatic heterocycles. The van der Waals surface area contributed by atoms with Gasteiger partial charge in [-0.05, 0) is 56.1 Å². The first-order valence-corrected chi connectivity index (χ1v) is 7.17. The third kappa shape index (κ3) is 4.71. The SMILES string of the molecule is COc1ccc(CCNCCc2cccc(C)c2)cc1. The van der Waals surface area contributed by atoms with E-state index in [1.807, 2.05) is 12.1 Å². The summed E-state index contributed by atoms with van der Waals surface area (Å²) in [7, 11) is 1.70. The summed E-state index contributed by atoms with van der Waals surface area (Å²) in [6.07, 6.45) is 2.14. The summed E-state index contributed by atoms with van der Waals surface area (Å²) in [5.74, 6) is 0.918. The Labute approximate surface area is 121 Å². The first kappa shape index (κ1) is 14.6. The molecule has 0 unspecified atom stereocenters. The molecule has 2 nitrogen and oxygen atoms in total. The summed E-state index contributed by atoms with van der Waals surface area (Å²) in [6.45, 7) is 4.18. The molecule has 2 aromatic carbocycles. The topological polar surface area (TPSA) is 21.3 Å². The minimum atomic E-state index is 0.918. The van der Waals surface area contributed by atoms with Crippen molar-refractivity contribution in [2.24, 2.45) is 0 Å². The van der Waals surface area contributed by atoms with Crippen LogP contribution in [0.4, 0.5) is 0 Å². The smallest absolute Gasteiger partial charge is 0.118 e. The molecule has 2 heteroatoms. The van der Waals surface area contributed by atoms with Gasteiger partial charge < -0.3 is 10.1 Å². The molecular weight excluding hydrogens is 246 g/mol. The van der Waals surface area contributed by atoms with Crippen molar-refractivity contribution < 1.29 is 4.74 Å². The van der Waals surface area contributed by atoms with Crippen LogP contribution in [-0.4, -0.2) is 20.2 Å². The molecule has 0 saturated carbocycles. The van der Waals surface area contributed by atoms with Crippen LogP contribution in [-0.2, 0) is 12.8 Å². The lowest BCUT2D eigenvalue weighted by molar-refractivity contribution is 0.414. The Kier molecular flexibility index (Phi) is 5.63. The van der Waals surface area contributed by atoms with Gasteiger partial charge in [0.1, 0.15) is 5.75 Å². The Bertz CT molecular complexity index is 519. The van der Waals surface area contributed by atoms with Crippen molar-refractivity contribution in [2.45, 2.75) is 19.8 Å².